The molecule has 0 aliphatic rings. The first kappa shape index (κ1) is 13.5. The number of nitrogens with zero attached hydrogens (tertiary/aromatic N) is 1. The molecule has 1 aromatic heterocycles. The summed E-state index contributed by atoms with van der Waals surface area (Å²) in [6.45, 7) is 0.268. The summed E-state index contributed by atoms with van der Waals surface area (Å²) in [5.41, 5.74) is 1.68. The highest BCUT2D eigenvalue weighted by Gasteiger charge is 2.13. The fourth-order valence-electron chi connectivity index (χ4n) is 2.15. The van der Waals surface area contributed by atoms with Crippen LogP contribution in [0.1, 0.15) is 11.7 Å². The van der Waals surface area contributed by atoms with Crippen LogP contribution in [-0.2, 0) is 6.54 Å². The van der Waals surface area contributed by atoms with Gasteiger partial charge in [-0.2, -0.15) is 0 Å². The average molecular weight is 350 g/mol. The molecule has 3 nitrogen and oxygen atoms in total. The van der Waals surface area contributed by atoms with Crippen molar-refractivity contribution in [2.75, 3.05) is 0 Å². The number of hydrogen-bond donors (Lipinski definition) is 1. The van der Waals surface area contributed by atoms with Gasteiger partial charge in [0.2, 0.25) is 0 Å². The summed E-state index contributed by atoms with van der Waals surface area (Å²) in [5, 5.41) is 10.3. The molecule has 1 heterocycles. The van der Waals surface area contributed by atoms with E-state index in [1.165, 1.54) is 11.3 Å². The maximum Gasteiger partial charge on any atom is 0.308 e. The quantitative estimate of drug-likeness (QED) is 0.785. The molecule has 0 amide bonds. The third kappa shape index (κ3) is 2.57. The van der Waals surface area contributed by atoms with Crippen molar-refractivity contribution in [3.8, 4) is 0 Å². The molecule has 0 aliphatic heterocycles. The van der Waals surface area contributed by atoms with E-state index in [0.29, 0.717) is 0 Å². The molecule has 5 heteroatoms. The second kappa shape index (κ2) is 5.52. The Morgan fingerprint density at radius 2 is 1.85 bits per heavy atom. The van der Waals surface area contributed by atoms with E-state index in [4.69, 9.17) is 0 Å². The van der Waals surface area contributed by atoms with Crippen LogP contribution < -0.4 is 4.87 Å². The van der Waals surface area contributed by atoms with Crippen molar-refractivity contribution in [3.63, 3.8) is 0 Å². The van der Waals surface area contributed by atoms with Crippen LogP contribution in [0.25, 0.3) is 10.2 Å². The van der Waals surface area contributed by atoms with Gasteiger partial charge in [0.05, 0.1) is 22.9 Å². The largest absolute Gasteiger partial charge is 0.387 e. The molecular formula is C15H12BrNO2S. The standard InChI is InChI=1S/C15H12BrNO2S/c16-11-7-5-10(6-8-11)13(18)9-17-12-3-1-2-4-14(12)20-15(17)19/h1-8,13,18H,9H2. The zero-order chi connectivity index (χ0) is 14.1. The van der Waals surface area contributed by atoms with E-state index in [2.05, 4.69) is 15.9 Å². The molecule has 0 saturated carbocycles. The Bertz CT molecular complexity index is 791. The van der Waals surface area contributed by atoms with Gasteiger partial charge in [0, 0.05) is 4.47 Å². The third-order valence-electron chi connectivity index (χ3n) is 3.18. The molecule has 3 rings (SSSR count). The monoisotopic (exact) mass is 349 g/mol. The fraction of sp³-hybridized carbons (Fsp3) is 0.133. The van der Waals surface area contributed by atoms with Gasteiger partial charge in [-0.3, -0.25) is 9.36 Å². The fourth-order valence-corrected chi connectivity index (χ4v) is 3.32. The summed E-state index contributed by atoms with van der Waals surface area (Å²) in [6.07, 6.45) is -0.696. The Hall–Kier alpha value is -1.43. The number of aliphatic hydroxyl groups is 1. The van der Waals surface area contributed by atoms with Crippen molar-refractivity contribution in [1.29, 1.82) is 0 Å². The van der Waals surface area contributed by atoms with Crippen molar-refractivity contribution in [2.24, 2.45) is 0 Å². The van der Waals surface area contributed by atoms with Crippen molar-refractivity contribution in [1.82, 2.24) is 4.57 Å². The van der Waals surface area contributed by atoms with Gasteiger partial charge >= 0.3 is 4.87 Å². The van der Waals surface area contributed by atoms with E-state index in [-0.39, 0.29) is 11.4 Å². The van der Waals surface area contributed by atoms with Crippen LogP contribution in [0.15, 0.2) is 57.8 Å². The number of aliphatic hydroxyl groups excluding tert-OH is 1. The molecule has 0 bridgehead atoms. The second-order valence-electron chi connectivity index (χ2n) is 4.51. The molecule has 20 heavy (non-hydrogen) atoms. The van der Waals surface area contributed by atoms with Crippen LogP contribution in [0.5, 0.6) is 0 Å². The van der Waals surface area contributed by atoms with Crippen LogP contribution in [0.3, 0.4) is 0 Å². The number of aromatic nitrogens is 1. The molecular weight excluding hydrogens is 338 g/mol. The van der Waals surface area contributed by atoms with Gasteiger partial charge in [0.1, 0.15) is 0 Å². The Labute approximate surface area is 128 Å². The summed E-state index contributed by atoms with van der Waals surface area (Å²) in [5.74, 6) is 0. The molecule has 3 aromatic rings. The number of thiazole rings is 1. The van der Waals surface area contributed by atoms with E-state index in [0.717, 1.165) is 20.3 Å². The molecule has 0 radical (unpaired) electrons. The first-order valence-electron chi connectivity index (χ1n) is 6.17. The van der Waals surface area contributed by atoms with E-state index in [9.17, 15) is 9.90 Å². The summed E-state index contributed by atoms with van der Waals surface area (Å²) in [4.78, 5) is 12.0. The van der Waals surface area contributed by atoms with Gasteiger partial charge in [0.25, 0.3) is 0 Å². The molecule has 1 unspecified atom stereocenters. The van der Waals surface area contributed by atoms with Gasteiger partial charge in [-0.15, -0.1) is 0 Å². The third-order valence-corrected chi connectivity index (χ3v) is 4.67. The van der Waals surface area contributed by atoms with Gasteiger partial charge in [-0.05, 0) is 29.8 Å². The highest BCUT2D eigenvalue weighted by molar-refractivity contribution is 9.10. The number of rotatable bonds is 3. The predicted octanol–water partition coefficient (Wildman–Crippen LogP) is 3.56. The molecule has 1 atom stereocenters. The van der Waals surface area contributed by atoms with Crippen molar-refractivity contribution in [3.05, 3.63) is 68.2 Å². The van der Waals surface area contributed by atoms with Gasteiger partial charge in [-0.25, -0.2) is 0 Å². The minimum Gasteiger partial charge on any atom is -0.387 e. The Balaban J connectivity index is 1.95. The molecule has 0 saturated heterocycles. The smallest absolute Gasteiger partial charge is 0.308 e. The number of hydrogen-bond acceptors (Lipinski definition) is 3. The zero-order valence-electron chi connectivity index (χ0n) is 10.5. The molecule has 2 aromatic carbocycles. The molecule has 0 fully saturated rings. The minimum atomic E-state index is -0.696. The zero-order valence-corrected chi connectivity index (χ0v) is 12.9. The van der Waals surface area contributed by atoms with Crippen molar-refractivity contribution < 1.29 is 5.11 Å². The van der Waals surface area contributed by atoms with Gasteiger partial charge < -0.3 is 5.11 Å². The van der Waals surface area contributed by atoms with Crippen LogP contribution in [0.4, 0.5) is 0 Å². The number of halogens is 1. The molecule has 1 N–H and O–H groups in total. The maximum atomic E-state index is 12.0. The lowest BCUT2D eigenvalue weighted by atomic mass is 10.1. The Morgan fingerprint density at radius 3 is 2.60 bits per heavy atom. The van der Waals surface area contributed by atoms with Gasteiger partial charge in [0.15, 0.2) is 0 Å². The summed E-state index contributed by atoms with van der Waals surface area (Å²) < 4.78 is 3.54. The summed E-state index contributed by atoms with van der Waals surface area (Å²) >= 11 is 4.57. The number of benzene rings is 2. The van der Waals surface area contributed by atoms with Crippen LogP contribution >= 0.6 is 27.3 Å². The Kier molecular flexibility index (Phi) is 3.74. The normalized spacial score (nSPS) is 12.7. The van der Waals surface area contributed by atoms with Crippen LogP contribution in [-0.4, -0.2) is 9.67 Å². The maximum absolute atomic E-state index is 12.0. The van der Waals surface area contributed by atoms with Gasteiger partial charge in [-0.1, -0.05) is 51.5 Å². The van der Waals surface area contributed by atoms with E-state index in [1.807, 2.05) is 48.5 Å². The highest BCUT2D eigenvalue weighted by atomic mass is 79.9. The second-order valence-corrected chi connectivity index (χ2v) is 6.42. The SMILES string of the molecule is O=c1sc2ccccc2n1CC(O)c1ccc(Br)cc1. The minimum absolute atomic E-state index is 0.0395. The lowest BCUT2D eigenvalue weighted by Gasteiger charge is -2.12. The predicted molar refractivity (Wildman–Crippen MR) is 85.2 cm³/mol. The van der Waals surface area contributed by atoms with Crippen molar-refractivity contribution in [2.45, 2.75) is 12.6 Å². The molecule has 0 spiro atoms. The molecule has 0 aliphatic carbocycles. The topological polar surface area (TPSA) is 42.2 Å². The summed E-state index contributed by atoms with van der Waals surface area (Å²) in [7, 11) is 0. The van der Waals surface area contributed by atoms with Crippen LogP contribution in [0, 0.1) is 0 Å². The van der Waals surface area contributed by atoms with Crippen molar-refractivity contribution >= 4 is 37.5 Å². The molecule has 102 valence electrons. The lowest BCUT2D eigenvalue weighted by Crippen LogP contribution is -2.17. The Morgan fingerprint density at radius 1 is 1.15 bits per heavy atom. The van der Waals surface area contributed by atoms with E-state index >= 15 is 0 Å². The van der Waals surface area contributed by atoms with Crippen LogP contribution in [0.2, 0.25) is 0 Å². The first-order chi connectivity index (χ1) is 9.65. The number of fused-ring (bicyclic) bond motifs is 1. The lowest BCUT2D eigenvalue weighted by molar-refractivity contribution is 0.157. The highest BCUT2D eigenvalue weighted by Crippen LogP contribution is 2.21. The van der Waals surface area contributed by atoms with E-state index < -0.39 is 6.10 Å². The van der Waals surface area contributed by atoms with E-state index in [1.54, 1.807) is 4.57 Å². The summed E-state index contributed by atoms with van der Waals surface area (Å²) in [6, 6.07) is 15.1. The first-order valence-corrected chi connectivity index (χ1v) is 7.78. The number of para-hydroxylation sites is 1. The average Bonchev–Trinajstić information content (AvgIpc) is 2.76.